The van der Waals surface area contributed by atoms with Crippen molar-refractivity contribution in [3.05, 3.63) is 46.9 Å². The minimum Gasteiger partial charge on any atom is -0.382 e. The number of nitrogens with two attached hydrogens (primary N) is 3. The lowest BCUT2D eigenvalue weighted by Gasteiger charge is -2.30. The number of likely N-dealkylation sites (tertiary alicyclic amines) is 1. The van der Waals surface area contributed by atoms with Gasteiger partial charge in [-0.25, -0.2) is 15.0 Å². The summed E-state index contributed by atoms with van der Waals surface area (Å²) in [6.07, 6.45) is 3.33. The fraction of sp³-hybridized carbons (Fsp3) is 0.300. The summed E-state index contributed by atoms with van der Waals surface area (Å²) in [5, 5.41) is 13.0. The molecular formula is C20H24ClN11O. The molecule has 3 aromatic rings. The van der Waals surface area contributed by atoms with Gasteiger partial charge in [-0.05, 0) is 24.5 Å². The predicted molar refractivity (Wildman–Crippen MR) is 125 cm³/mol. The molecule has 1 fully saturated rings. The highest BCUT2D eigenvalue weighted by Gasteiger charge is 2.21. The predicted octanol–water partition coefficient (Wildman–Crippen LogP) is 0.789. The molecule has 0 saturated carbocycles. The lowest BCUT2D eigenvalue weighted by Crippen LogP contribution is -2.40. The molecular weight excluding hydrogens is 446 g/mol. The lowest BCUT2D eigenvalue weighted by atomic mass is 10.0. The molecule has 33 heavy (non-hydrogen) atoms. The summed E-state index contributed by atoms with van der Waals surface area (Å²) in [4.78, 5) is 26.8. The third kappa shape index (κ3) is 5.54. The number of nitrogens with zero attached hydrogens (tertiary/aromatic N) is 6. The molecule has 8 N–H and O–H groups in total. The highest BCUT2D eigenvalue weighted by molar-refractivity contribution is 6.31. The second-order valence-electron chi connectivity index (χ2n) is 7.66. The summed E-state index contributed by atoms with van der Waals surface area (Å²) in [7, 11) is 0. The van der Waals surface area contributed by atoms with Gasteiger partial charge in [-0.15, -0.1) is 0 Å². The first-order valence-electron chi connectivity index (χ1n) is 10.3. The number of aromatic nitrogens is 5. The number of carbonyl (C=O) groups is 1. The highest BCUT2D eigenvalue weighted by atomic mass is 35.5. The zero-order valence-corrected chi connectivity index (χ0v) is 18.5. The second kappa shape index (κ2) is 9.79. The molecule has 1 aliphatic rings. The minimum absolute atomic E-state index is 0.00134. The highest BCUT2D eigenvalue weighted by Crippen LogP contribution is 2.21. The molecule has 2 aromatic heterocycles. The van der Waals surface area contributed by atoms with Gasteiger partial charge in [0.15, 0.2) is 28.4 Å². The summed E-state index contributed by atoms with van der Waals surface area (Å²) >= 11 is 5.82. The van der Waals surface area contributed by atoms with Crippen LogP contribution in [0.3, 0.4) is 0 Å². The first kappa shape index (κ1) is 22.4. The van der Waals surface area contributed by atoms with Gasteiger partial charge in [-0.2, -0.15) is 15.4 Å². The van der Waals surface area contributed by atoms with Crippen LogP contribution >= 0.6 is 11.6 Å². The van der Waals surface area contributed by atoms with Crippen LogP contribution in [0.1, 0.15) is 28.9 Å². The first-order chi connectivity index (χ1) is 15.9. The van der Waals surface area contributed by atoms with Crippen molar-refractivity contribution in [2.75, 3.05) is 24.6 Å². The number of rotatable bonds is 5. The van der Waals surface area contributed by atoms with Crippen molar-refractivity contribution in [2.45, 2.75) is 25.4 Å². The Balaban J connectivity index is 1.30. The third-order valence-corrected chi connectivity index (χ3v) is 5.56. The van der Waals surface area contributed by atoms with E-state index in [-0.39, 0.29) is 34.5 Å². The van der Waals surface area contributed by atoms with Crippen molar-refractivity contribution in [3.63, 3.8) is 0 Å². The quantitative estimate of drug-likeness (QED) is 0.265. The van der Waals surface area contributed by atoms with E-state index in [1.54, 1.807) is 6.20 Å². The van der Waals surface area contributed by atoms with Gasteiger partial charge in [0.25, 0.3) is 5.91 Å². The van der Waals surface area contributed by atoms with Gasteiger partial charge in [-0.3, -0.25) is 15.0 Å². The van der Waals surface area contributed by atoms with Crippen molar-refractivity contribution in [1.29, 1.82) is 0 Å². The van der Waals surface area contributed by atoms with E-state index in [2.05, 4.69) is 52.7 Å². The van der Waals surface area contributed by atoms with Crippen LogP contribution in [-0.2, 0) is 6.54 Å². The number of aromatic amines is 1. The molecule has 13 heteroatoms. The normalized spacial score (nSPS) is 15.5. The van der Waals surface area contributed by atoms with Crippen molar-refractivity contribution in [2.24, 2.45) is 10.7 Å². The SMILES string of the molecule is NC(=NC1CCN(Cc2cccc(-c3cn[nH]n3)c2)CC1)NC(=O)c1nc(Cl)c(N)nc1N. The van der Waals surface area contributed by atoms with Crippen molar-refractivity contribution < 1.29 is 4.79 Å². The minimum atomic E-state index is -0.646. The van der Waals surface area contributed by atoms with Crippen LogP contribution < -0.4 is 22.5 Å². The number of anilines is 2. The van der Waals surface area contributed by atoms with Gasteiger partial charge in [-0.1, -0.05) is 29.8 Å². The average Bonchev–Trinajstić information content (AvgIpc) is 3.33. The van der Waals surface area contributed by atoms with Gasteiger partial charge in [0.1, 0.15) is 5.69 Å². The van der Waals surface area contributed by atoms with E-state index in [1.165, 1.54) is 5.56 Å². The Labute approximate surface area is 194 Å². The zero-order valence-electron chi connectivity index (χ0n) is 17.7. The lowest BCUT2D eigenvalue weighted by molar-refractivity contribution is 0.0972. The molecule has 1 aliphatic heterocycles. The number of amides is 1. The Morgan fingerprint density at radius 3 is 2.76 bits per heavy atom. The Bertz CT molecular complexity index is 1160. The number of benzene rings is 1. The smallest absolute Gasteiger partial charge is 0.280 e. The molecule has 1 aromatic carbocycles. The molecule has 172 valence electrons. The number of carbonyl (C=O) groups excluding carboxylic acids is 1. The maximum absolute atomic E-state index is 12.4. The molecule has 3 heterocycles. The summed E-state index contributed by atoms with van der Waals surface area (Å²) in [6.45, 7) is 2.54. The Kier molecular flexibility index (Phi) is 6.66. The molecule has 0 aliphatic carbocycles. The van der Waals surface area contributed by atoms with Crippen LogP contribution in [0.15, 0.2) is 35.5 Å². The molecule has 0 spiro atoms. The van der Waals surface area contributed by atoms with E-state index in [9.17, 15) is 4.79 Å². The number of nitrogen functional groups attached to an aromatic ring is 2. The van der Waals surface area contributed by atoms with Gasteiger partial charge in [0, 0.05) is 25.2 Å². The molecule has 0 bridgehead atoms. The largest absolute Gasteiger partial charge is 0.382 e. The number of aliphatic imine (C=N–C) groups is 1. The maximum Gasteiger partial charge on any atom is 0.280 e. The molecule has 1 amide bonds. The number of halogens is 1. The molecule has 4 rings (SSSR count). The standard InChI is InChI=1S/C20H24ClN11O/c21-16-18(23)28-17(22)15(27-16)19(33)29-20(24)26-13-4-6-32(7-5-13)10-11-2-1-3-12(8-11)14-9-25-31-30-14/h1-3,8-9,13H,4-7,10H2,(H4,22,23,28)(H,25,30,31)(H3,24,26,29,33). The van der Waals surface area contributed by atoms with Crippen LogP contribution in [-0.4, -0.2) is 61.3 Å². The Morgan fingerprint density at radius 1 is 1.24 bits per heavy atom. The zero-order chi connectivity index (χ0) is 23.4. The third-order valence-electron chi connectivity index (χ3n) is 5.28. The van der Waals surface area contributed by atoms with Gasteiger partial charge in [0.2, 0.25) is 0 Å². The second-order valence-corrected chi connectivity index (χ2v) is 8.02. The Morgan fingerprint density at radius 2 is 2.03 bits per heavy atom. The number of nitrogens with one attached hydrogen (secondary N) is 2. The van der Waals surface area contributed by atoms with Crippen LogP contribution in [0.25, 0.3) is 11.3 Å². The van der Waals surface area contributed by atoms with E-state index >= 15 is 0 Å². The maximum atomic E-state index is 12.4. The molecule has 0 unspecified atom stereocenters. The fourth-order valence-electron chi connectivity index (χ4n) is 3.65. The fourth-order valence-corrected chi connectivity index (χ4v) is 3.77. The number of piperidine rings is 1. The summed E-state index contributed by atoms with van der Waals surface area (Å²) < 4.78 is 0. The van der Waals surface area contributed by atoms with Crippen LogP contribution in [0.2, 0.25) is 5.15 Å². The van der Waals surface area contributed by atoms with Crippen molar-refractivity contribution >= 4 is 35.1 Å². The van der Waals surface area contributed by atoms with Crippen LogP contribution in [0.4, 0.5) is 11.6 Å². The summed E-state index contributed by atoms with van der Waals surface area (Å²) in [5.41, 5.74) is 20.0. The number of guanidine groups is 1. The van der Waals surface area contributed by atoms with Gasteiger partial charge >= 0.3 is 0 Å². The summed E-state index contributed by atoms with van der Waals surface area (Å²) in [5.74, 6) is -0.840. The van der Waals surface area contributed by atoms with E-state index in [0.717, 1.165) is 43.7 Å². The van der Waals surface area contributed by atoms with Crippen LogP contribution in [0, 0.1) is 0 Å². The average molecular weight is 470 g/mol. The molecule has 0 atom stereocenters. The number of hydrogen-bond donors (Lipinski definition) is 5. The van der Waals surface area contributed by atoms with Crippen molar-refractivity contribution in [1.82, 2.24) is 35.6 Å². The Hall–Kier alpha value is -3.77. The van der Waals surface area contributed by atoms with E-state index in [1.807, 2.05) is 12.1 Å². The molecule has 1 saturated heterocycles. The first-order valence-corrected chi connectivity index (χ1v) is 10.7. The number of H-pyrrole nitrogens is 1. The van der Waals surface area contributed by atoms with E-state index < -0.39 is 5.91 Å². The van der Waals surface area contributed by atoms with E-state index in [0.29, 0.717) is 0 Å². The van der Waals surface area contributed by atoms with Gasteiger partial charge < -0.3 is 17.2 Å². The topological polar surface area (TPSA) is 190 Å². The molecule has 0 radical (unpaired) electrons. The van der Waals surface area contributed by atoms with Crippen molar-refractivity contribution in [3.8, 4) is 11.3 Å². The van der Waals surface area contributed by atoms with E-state index in [4.69, 9.17) is 28.8 Å². The van der Waals surface area contributed by atoms with Gasteiger partial charge in [0.05, 0.1) is 12.2 Å². The number of hydrogen-bond acceptors (Lipinski definition) is 9. The van der Waals surface area contributed by atoms with Crippen LogP contribution in [0.5, 0.6) is 0 Å². The molecule has 12 nitrogen and oxygen atoms in total. The monoisotopic (exact) mass is 469 g/mol. The summed E-state index contributed by atoms with van der Waals surface area (Å²) in [6, 6.07) is 8.25.